The van der Waals surface area contributed by atoms with Gasteiger partial charge in [-0.05, 0) is 37.1 Å². The van der Waals surface area contributed by atoms with Gasteiger partial charge in [-0.25, -0.2) is 0 Å². The predicted octanol–water partition coefficient (Wildman–Crippen LogP) is 3.36. The maximum Gasteiger partial charge on any atom is 0.128 e. The summed E-state index contributed by atoms with van der Waals surface area (Å²) in [5, 5.41) is 4.25. The van der Waals surface area contributed by atoms with Gasteiger partial charge in [0.15, 0.2) is 0 Å². The van der Waals surface area contributed by atoms with E-state index in [0.717, 1.165) is 16.9 Å². The number of nitrogens with zero attached hydrogens (tertiary/aromatic N) is 3. The number of ether oxygens (including phenoxy) is 1. The number of hydrogen-bond donors (Lipinski definition) is 1. The lowest BCUT2D eigenvalue weighted by molar-refractivity contribution is 0.124. The highest BCUT2D eigenvalue weighted by atomic mass is 35.5. The monoisotopic (exact) mass is 266 g/mol. The first-order chi connectivity index (χ1) is 8.45. The standard InChI is InChI=1S/C12H15ClN4O/c1-7(14)10-4-9(13)3-8-5-12(2,6-16-17-15)18-11(8)10/h3-4,7H,5-6,14H2,1-2H3. The maximum atomic E-state index is 8.41. The Kier molecular flexibility index (Phi) is 3.39. The van der Waals surface area contributed by atoms with Gasteiger partial charge in [0.05, 0.1) is 6.54 Å². The second-order valence-corrected chi connectivity index (χ2v) is 5.33. The zero-order chi connectivity index (χ0) is 13.3. The van der Waals surface area contributed by atoms with Gasteiger partial charge in [0, 0.05) is 28.0 Å². The van der Waals surface area contributed by atoms with Crippen LogP contribution in [0, 0.1) is 0 Å². The Balaban J connectivity index is 2.39. The summed E-state index contributed by atoms with van der Waals surface area (Å²) < 4.78 is 5.94. The summed E-state index contributed by atoms with van der Waals surface area (Å²) in [7, 11) is 0. The minimum Gasteiger partial charge on any atom is -0.486 e. The molecule has 0 fully saturated rings. The largest absolute Gasteiger partial charge is 0.486 e. The molecule has 0 spiro atoms. The highest BCUT2D eigenvalue weighted by molar-refractivity contribution is 6.30. The Hall–Kier alpha value is -1.42. The van der Waals surface area contributed by atoms with E-state index in [0.29, 0.717) is 11.4 Å². The van der Waals surface area contributed by atoms with Crippen LogP contribution in [0.4, 0.5) is 0 Å². The van der Waals surface area contributed by atoms with Crippen LogP contribution in [0.1, 0.15) is 31.0 Å². The van der Waals surface area contributed by atoms with Crippen LogP contribution < -0.4 is 10.5 Å². The van der Waals surface area contributed by atoms with Crippen molar-refractivity contribution in [3.63, 3.8) is 0 Å². The van der Waals surface area contributed by atoms with E-state index in [-0.39, 0.29) is 12.6 Å². The van der Waals surface area contributed by atoms with Crippen LogP contribution in [0.3, 0.4) is 0 Å². The van der Waals surface area contributed by atoms with Crippen molar-refractivity contribution in [2.75, 3.05) is 6.54 Å². The number of fused-ring (bicyclic) bond motifs is 1. The molecule has 0 saturated carbocycles. The Morgan fingerprint density at radius 2 is 2.39 bits per heavy atom. The molecule has 96 valence electrons. The molecule has 0 aromatic heterocycles. The van der Waals surface area contributed by atoms with Gasteiger partial charge in [-0.2, -0.15) is 0 Å². The molecule has 1 aromatic rings. The number of benzene rings is 1. The molecule has 0 amide bonds. The van der Waals surface area contributed by atoms with Crippen molar-refractivity contribution in [3.8, 4) is 5.75 Å². The highest BCUT2D eigenvalue weighted by Gasteiger charge is 2.36. The van der Waals surface area contributed by atoms with Gasteiger partial charge in [-0.15, -0.1) is 0 Å². The molecular weight excluding hydrogens is 252 g/mol. The van der Waals surface area contributed by atoms with Crippen LogP contribution >= 0.6 is 11.6 Å². The average molecular weight is 267 g/mol. The third-order valence-electron chi connectivity index (χ3n) is 3.03. The number of azide groups is 1. The van der Waals surface area contributed by atoms with E-state index >= 15 is 0 Å². The first-order valence-electron chi connectivity index (χ1n) is 5.73. The quantitative estimate of drug-likeness (QED) is 0.517. The summed E-state index contributed by atoms with van der Waals surface area (Å²) in [5.74, 6) is 0.782. The topological polar surface area (TPSA) is 84.0 Å². The molecule has 1 heterocycles. The van der Waals surface area contributed by atoms with E-state index in [2.05, 4.69) is 10.0 Å². The molecule has 2 rings (SSSR count). The predicted molar refractivity (Wildman–Crippen MR) is 70.8 cm³/mol. The fourth-order valence-electron chi connectivity index (χ4n) is 2.22. The van der Waals surface area contributed by atoms with Gasteiger partial charge in [-0.3, -0.25) is 0 Å². The molecule has 18 heavy (non-hydrogen) atoms. The summed E-state index contributed by atoms with van der Waals surface area (Å²) in [6, 6.07) is 3.55. The third-order valence-corrected chi connectivity index (χ3v) is 3.25. The van der Waals surface area contributed by atoms with Crippen molar-refractivity contribution >= 4 is 11.6 Å². The number of nitrogens with two attached hydrogens (primary N) is 1. The van der Waals surface area contributed by atoms with Crippen molar-refractivity contribution in [1.29, 1.82) is 0 Å². The molecule has 1 aromatic carbocycles. The van der Waals surface area contributed by atoms with E-state index in [1.807, 2.05) is 26.0 Å². The summed E-state index contributed by atoms with van der Waals surface area (Å²) in [5.41, 5.74) is 15.7. The van der Waals surface area contributed by atoms with Gasteiger partial charge >= 0.3 is 0 Å². The van der Waals surface area contributed by atoms with Gasteiger partial charge in [0.1, 0.15) is 11.4 Å². The van der Waals surface area contributed by atoms with Gasteiger partial charge in [-0.1, -0.05) is 16.7 Å². The lowest BCUT2D eigenvalue weighted by Gasteiger charge is -2.22. The molecular formula is C12H15ClN4O. The summed E-state index contributed by atoms with van der Waals surface area (Å²) in [6.45, 7) is 4.09. The number of rotatable bonds is 3. The van der Waals surface area contributed by atoms with Crippen molar-refractivity contribution in [2.45, 2.75) is 31.9 Å². The van der Waals surface area contributed by atoms with E-state index in [1.165, 1.54) is 0 Å². The lowest BCUT2D eigenvalue weighted by Crippen LogP contribution is -2.33. The summed E-state index contributed by atoms with van der Waals surface area (Å²) >= 11 is 6.08. The maximum absolute atomic E-state index is 8.41. The molecule has 0 saturated heterocycles. The molecule has 0 radical (unpaired) electrons. The van der Waals surface area contributed by atoms with Crippen molar-refractivity contribution in [3.05, 3.63) is 38.7 Å². The highest BCUT2D eigenvalue weighted by Crippen LogP contribution is 2.41. The van der Waals surface area contributed by atoms with E-state index in [9.17, 15) is 0 Å². The minimum absolute atomic E-state index is 0.153. The second-order valence-electron chi connectivity index (χ2n) is 4.89. The molecule has 0 bridgehead atoms. The number of halogens is 1. The van der Waals surface area contributed by atoms with Crippen LogP contribution in [0.25, 0.3) is 10.4 Å². The Labute approximate surface area is 111 Å². The third kappa shape index (κ3) is 2.38. The van der Waals surface area contributed by atoms with E-state index in [1.54, 1.807) is 0 Å². The minimum atomic E-state index is -0.511. The molecule has 1 aliphatic rings. The van der Waals surface area contributed by atoms with Crippen molar-refractivity contribution in [1.82, 2.24) is 0 Å². The van der Waals surface area contributed by atoms with Crippen LogP contribution in [-0.2, 0) is 6.42 Å². The van der Waals surface area contributed by atoms with E-state index in [4.69, 9.17) is 27.6 Å². The molecule has 2 atom stereocenters. The average Bonchev–Trinajstić information content (AvgIpc) is 2.62. The zero-order valence-corrected chi connectivity index (χ0v) is 11.1. The first-order valence-corrected chi connectivity index (χ1v) is 6.11. The molecule has 2 unspecified atom stereocenters. The molecule has 0 aliphatic carbocycles. The summed E-state index contributed by atoms with van der Waals surface area (Å²) in [6.07, 6.45) is 0.668. The van der Waals surface area contributed by atoms with Gasteiger partial charge in [0.2, 0.25) is 0 Å². The fourth-order valence-corrected chi connectivity index (χ4v) is 2.47. The Morgan fingerprint density at radius 3 is 3.00 bits per heavy atom. The first kappa shape index (κ1) is 13.0. The SMILES string of the molecule is CC(N)c1cc(Cl)cc2c1OC(C)(CN=[N+]=[N-])C2. The van der Waals surface area contributed by atoms with Crippen LogP contribution in [-0.4, -0.2) is 12.1 Å². The Morgan fingerprint density at radius 1 is 1.67 bits per heavy atom. The van der Waals surface area contributed by atoms with Gasteiger partial charge in [0.25, 0.3) is 0 Å². The van der Waals surface area contributed by atoms with E-state index < -0.39 is 5.60 Å². The van der Waals surface area contributed by atoms with Gasteiger partial charge < -0.3 is 10.5 Å². The molecule has 5 nitrogen and oxygen atoms in total. The van der Waals surface area contributed by atoms with Crippen LogP contribution in [0.15, 0.2) is 17.2 Å². The normalized spacial score (nSPS) is 22.9. The summed E-state index contributed by atoms with van der Waals surface area (Å²) in [4.78, 5) is 2.78. The molecule has 6 heteroatoms. The molecule has 1 aliphatic heterocycles. The Bertz CT molecular complexity index is 525. The van der Waals surface area contributed by atoms with Crippen LogP contribution in [0.2, 0.25) is 5.02 Å². The second kappa shape index (κ2) is 4.69. The van der Waals surface area contributed by atoms with Crippen molar-refractivity contribution in [2.24, 2.45) is 10.8 Å². The number of hydrogen-bond acceptors (Lipinski definition) is 3. The zero-order valence-electron chi connectivity index (χ0n) is 10.4. The smallest absolute Gasteiger partial charge is 0.128 e. The lowest BCUT2D eigenvalue weighted by atomic mass is 9.97. The fraction of sp³-hybridized carbons (Fsp3) is 0.500. The molecule has 2 N–H and O–H groups in total. The van der Waals surface area contributed by atoms with Crippen molar-refractivity contribution < 1.29 is 4.74 Å². The van der Waals surface area contributed by atoms with Crippen LogP contribution in [0.5, 0.6) is 5.75 Å².